The zero-order chi connectivity index (χ0) is 41.2. The fourth-order valence-corrected chi connectivity index (χ4v) is 5.66. The SMILES string of the molecule is CC/C=C\C/C=C\C/C=C\C/C=C\CCCCCCC(=O)O[C@H](COC(=O)CCC/C=C\C/C=C\C/C=C\C/C=C\CC[C@@H](O)CC)COP(=O)(O)OCCN. The van der Waals surface area contributed by atoms with E-state index >= 15 is 0 Å². The monoisotopic (exact) mass is 804 g/mol. The van der Waals surface area contributed by atoms with Crippen LogP contribution in [0.2, 0.25) is 0 Å². The van der Waals surface area contributed by atoms with E-state index in [2.05, 4.69) is 98.1 Å². The van der Waals surface area contributed by atoms with Gasteiger partial charge in [-0.3, -0.25) is 18.6 Å². The van der Waals surface area contributed by atoms with Crippen molar-refractivity contribution in [3.05, 3.63) is 97.2 Å². The van der Waals surface area contributed by atoms with Gasteiger partial charge in [0.1, 0.15) is 6.61 Å². The van der Waals surface area contributed by atoms with E-state index in [0.29, 0.717) is 19.3 Å². The number of nitrogens with two attached hydrogens (primary N) is 1. The lowest BCUT2D eigenvalue weighted by molar-refractivity contribution is -0.161. The molecule has 3 atom stereocenters. The van der Waals surface area contributed by atoms with Crippen LogP contribution in [-0.2, 0) is 32.7 Å². The Morgan fingerprint density at radius 1 is 0.607 bits per heavy atom. The number of aliphatic hydroxyl groups excluding tert-OH is 1. The summed E-state index contributed by atoms with van der Waals surface area (Å²) in [5.41, 5.74) is 5.33. The zero-order valence-corrected chi connectivity index (χ0v) is 35.3. The molecule has 318 valence electrons. The van der Waals surface area contributed by atoms with Gasteiger partial charge in [-0.15, -0.1) is 0 Å². The summed E-state index contributed by atoms with van der Waals surface area (Å²) in [6.07, 6.45) is 48.1. The van der Waals surface area contributed by atoms with Crippen LogP contribution in [-0.4, -0.2) is 60.5 Å². The Hall–Kier alpha value is -3.11. The first-order valence-corrected chi connectivity index (χ1v) is 22.3. The number of aliphatic hydroxyl groups is 1. The lowest BCUT2D eigenvalue weighted by atomic mass is 10.1. The molecule has 10 nitrogen and oxygen atoms in total. The summed E-state index contributed by atoms with van der Waals surface area (Å²) < 4.78 is 32.6. The van der Waals surface area contributed by atoms with Gasteiger partial charge in [-0.1, -0.05) is 124 Å². The molecule has 0 aromatic carbocycles. The Labute approximate surface area is 339 Å². The predicted molar refractivity (Wildman–Crippen MR) is 230 cm³/mol. The number of esters is 2. The Bertz CT molecular complexity index is 1250. The number of hydrogen-bond acceptors (Lipinski definition) is 9. The summed E-state index contributed by atoms with van der Waals surface area (Å²) in [6, 6.07) is 0. The molecule has 0 bridgehead atoms. The van der Waals surface area contributed by atoms with Crippen LogP contribution in [0.3, 0.4) is 0 Å². The summed E-state index contributed by atoms with van der Waals surface area (Å²) in [6.45, 7) is 3.20. The number of phosphoric acid groups is 1. The first-order chi connectivity index (χ1) is 27.2. The second kappa shape index (κ2) is 40.1. The topological polar surface area (TPSA) is 155 Å². The van der Waals surface area contributed by atoms with Crippen LogP contribution in [0.5, 0.6) is 0 Å². The third-order valence-electron chi connectivity index (χ3n) is 8.12. The van der Waals surface area contributed by atoms with Crippen molar-refractivity contribution in [1.82, 2.24) is 0 Å². The molecule has 11 heteroatoms. The first kappa shape index (κ1) is 52.9. The number of phosphoric ester groups is 1. The van der Waals surface area contributed by atoms with Crippen molar-refractivity contribution < 1.29 is 42.7 Å². The number of allylic oxidation sites excluding steroid dienone is 16. The molecule has 0 heterocycles. The van der Waals surface area contributed by atoms with Crippen LogP contribution in [0.15, 0.2) is 97.2 Å². The van der Waals surface area contributed by atoms with E-state index < -0.39 is 32.5 Å². The van der Waals surface area contributed by atoms with Crippen molar-refractivity contribution in [1.29, 1.82) is 0 Å². The van der Waals surface area contributed by atoms with Crippen molar-refractivity contribution in [2.45, 2.75) is 148 Å². The quantitative estimate of drug-likeness (QED) is 0.0239. The standard InChI is InChI=1S/C45H74NO9P/c1-3-5-6-7-8-9-10-11-12-13-14-19-22-25-28-31-34-37-45(49)55-43(41-54-56(50,51)53-39-38-46)40-52-44(48)36-33-30-27-24-21-18-16-15-17-20-23-26-29-32-35-42(47)4-2/h5-6,8-9,11-12,14,16-20,24,26-27,29,42-43,47H,3-4,7,10,13,15,21-23,25,28,30-41,46H2,1-2H3,(H,50,51)/b6-5-,9-8-,12-11-,18-16-,19-14-,20-17-,27-24-,29-26-/t42-,43+/m0/s1. The lowest BCUT2D eigenvalue weighted by Crippen LogP contribution is -2.29. The van der Waals surface area contributed by atoms with Crippen LogP contribution in [0.4, 0.5) is 0 Å². The van der Waals surface area contributed by atoms with E-state index in [9.17, 15) is 24.2 Å². The van der Waals surface area contributed by atoms with Gasteiger partial charge in [0.15, 0.2) is 6.10 Å². The lowest BCUT2D eigenvalue weighted by Gasteiger charge is -2.19. The fourth-order valence-electron chi connectivity index (χ4n) is 4.89. The van der Waals surface area contributed by atoms with Crippen molar-refractivity contribution in [3.63, 3.8) is 0 Å². The molecule has 0 aliphatic carbocycles. The molecule has 0 spiro atoms. The van der Waals surface area contributed by atoms with Crippen molar-refractivity contribution in [2.24, 2.45) is 5.73 Å². The van der Waals surface area contributed by atoms with Gasteiger partial charge >= 0.3 is 19.8 Å². The molecule has 0 saturated heterocycles. The molecule has 4 N–H and O–H groups in total. The maximum absolute atomic E-state index is 12.6. The highest BCUT2D eigenvalue weighted by Gasteiger charge is 2.25. The minimum Gasteiger partial charge on any atom is -0.462 e. The normalized spacial score (nSPS) is 14.9. The van der Waals surface area contributed by atoms with Gasteiger partial charge in [0.05, 0.1) is 19.3 Å². The highest BCUT2D eigenvalue weighted by Crippen LogP contribution is 2.43. The highest BCUT2D eigenvalue weighted by atomic mass is 31.2. The minimum atomic E-state index is -4.41. The molecule has 0 aliphatic heterocycles. The van der Waals surface area contributed by atoms with Gasteiger partial charge in [0.2, 0.25) is 0 Å². The van der Waals surface area contributed by atoms with Crippen LogP contribution < -0.4 is 5.73 Å². The highest BCUT2D eigenvalue weighted by molar-refractivity contribution is 7.47. The zero-order valence-electron chi connectivity index (χ0n) is 34.4. The van der Waals surface area contributed by atoms with Gasteiger partial charge in [0.25, 0.3) is 0 Å². The molecule has 0 aliphatic rings. The molecular formula is C45H74NO9P. The summed E-state index contributed by atoms with van der Waals surface area (Å²) in [5, 5.41) is 9.55. The third-order valence-corrected chi connectivity index (χ3v) is 9.10. The van der Waals surface area contributed by atoms with E-state index in [1.54, 1.807) is 0 Å². The Morgan fingerprint density at radius 2 is 1.09 bits per heavy atom. The molecule has 0 fully saturated rings. The van der Waals surface area contributed by atoms with Crippen molar-refractivity contribution in [3.8, 4) is 0 Å². The van der Waals surface area contributed by atoms with E-state index in [-0.39, 0.29) is 38.7 Å². The summed E-state index contributed by atoms with van der Waals surface area (Å²) in [4.78, 5) is 34.8. The Kier molecular flexibility index (Phi) is 37.9. The first-order valence-electron chi connectivity index (χ1n) is 20.8. The van der Waals surface area contributed by atoms with E-state index in [1.165, 1.54) is 0 Å². The molecule has 0 aromatic rings. The smallest absolute Gasteiger partial charge is 0.462 e. The van der Waals surface area contributed by atoms with E-state index in [1.807, 2.05) is 13.0 Å². The number of hydrogen-bond donors (Lipinski definition) is 3. The van der Waals surface area contributed by atoms with Crippen LogP contribution in [0, 0.1) is 0 Å². The fraction of sp³-hybridized carbons (Fsp3) is 0.600. The average Bonchev–Trinajstić information content (AvgIpc) is 3.18. The Morgan fingerprint density at radius 3 is 1.62 bits per heavy atom. The molecule has 1 unspecified atom stereocenters. The maximum Gasteiger partial charge on any atom is 0.472 e. The predicted octanol–water partition coefficient (Wildman–Crippen LogP) is 10.8. The number of carbonyl (C=O) groups excluding carboxylic acids is 2. The van der Waals surface area contributed by atoms with Gasteiger partial charge in [-0.05, 0) is 96.3 Å². The second-order valence-electron chi connectivity index (χ2n) is 13.3. The molecule has 56 heavy (non-hydrogen) atoms. The molecule has 0 aromatic heterocycles. The summed E-state index contributed by atoms with van der Waals surface area (Å²) in [7, 11) is -4.41. The molecule has 0 saturated carbocycles. The number of carbonyl (C=O) groups is 2. The maximum atomic E-state index is 12.6. The van der Waals surface area contributed by atoms with Crippen molar-refractivity contribution in [2.75, 3.05) is 26.4 Å². The average molecular weight is 804 g/mol. The third kappa shape index (κ3) is 39.1. The molecular weight excluding hydrogens is 729 g/mol. The number of unbranched alkanes of at least 4 members (excludes halogenated alkanes) is 5. The summed E-state index contributed by atoms with van der Waals surface area (Å²) >= 11 is 0. The second-order valence-corrected chi connectivity index (χ2v) is 14.7. The van der Waals surface area contributed by atoms with E-state index in [4.69, 9.17) is 24.3 Å². The number of rotatable bonds is 37. The van der Waals surface area contributed by atoms with Gasteiger partial charge in [0, 0.05) is 19.4 Å². The number of ether oxygens (including phenoxy) is 2. The largest absolute Gasteiger partial charge is 0.472 e. The molecule has 0 rings (SSSR count). The Balaban J connectivity index is 4.35. The molecule has 0 radical (unpaired) electrons. The minimum absolute atomic E-state index is 0.0306. The van der Waals surface area contributed by atoms with Crippen LogP contribution in [0.1, 0.15) is 136 Å². The van der Waals surface area contributed by atoms with Crippen molar-refractivity contribution >= 4 is 19.8 Å². The van der Waals surface area contributed by atoms with Crippen LogP contribution >= 0.6 is 7.82 Å². The van der Waals surface area contributed by atoms with E-state index in [0.717, 1.165) is 89.9 Å². The van der Waals surface area contributed by atoms with Gasteiger partial charge in [-0.2, -0.15) is 0 Å². The van der Waals surface area contributed by atoms with Gasteiger partial charge in [-0.25, -0.2) is 4.57 Å². The van der Waals surface area contributed by atoms with Crippen LogP contribution in [0.25, 0.3) is 0 Å². The molecule has 0 amide bonds. The van der Waals surface area contributed by atoms with Gasteiger partial charge < -0.3 is 25.2 Å². The summed E-state index contributed by atoms with van der Waals surface area (Å²) in [5.74, 6) is -0.952.